The van der Waals surface area contributed by atoms with Crippen molar-refractivity contribution in [2.45, 2.75) is 38.7 Å². The van der Waals surface area contributed by atoms with Crippen LogP contribution in [0.2, 0.25) is 0 Å². The van der Waals surface area contributed by atoms with Gasteiger partial charge in [0.15, 0.2) is 11.6 Å². The van der Waals surface area contributed by atoms with E-state index in [4.69, 9.17) is 4.74 Å². The van der Waals surface area contributed by atoms with Crippen LogP contribution in [0, 0.1) is 5.82 Å². The molecule has 0 aromatic heterocycles. The standard InChI is InChI=1S/C12H15FO/c1-2-9-6-7-11(13)12(8-9)14-10-4-3-5-10/h6-8,10H,2-5H2,1H3. The Morgan fingerprint density at radius 3 is 2.79 bits per heavy atom. The maximum Gasteiger partial charge on any atom is 0.165 e. The van der Waals surface area contributed by atoms with Crippen molar-refractivity contribution in [2.24, 2.45) is 0 Å². The molecule has 2 rings (SSSR count). The lowest BCUT2D eigenvalue weighted by molar-refractivity contribution is 0.115. The molecule has 1 aliphatic carbocycles. The maximum atomic E-state index is 13.3. The molecule has 0 unspecified atom stereocenters. The number of ether oxygens (including phenoxy) is 1. The highest BCUT2D eigenvalue weighted by Crippen LogP contribution is 2.27. The lowest BCUT2D eigenvalue weighted by Gasteiger charge is -2.26. The summed E-state index contributed by atoms with van der Waals surface area (Å²) in [5.74, 6) is 0.183. The summed E-state index contributed by atoms with van der Waals surface area (Å²) in [6.07, 6.45) is 4.50. The largest absolute Gasteiger partial charge is 0.487 e. The second-order valence-electron chi connectivity index (χ2n) is 3.79. The normalized spacial score (nSPS) is 16.4. The first kappa shape index (κ1) is 9.50. The van der Waals surface area contributed by atoms with Crippen molar-refractivity contribution in [1.82, 2.24) is 0 Å². The summed E-state index contributed by atoms with van der Waals surface area (Å²) in [4.78, 5) is 0. The predicted molar refractivity (Wildman–Crippen MR) is 54.0 cm³/mol. The summed E-state index contributed by atoms with van der Waals surface area (Å²) in [6, 6.07) is 5.11. The SMILES string of the molecule is CCc1ccc(F)c(OC2CCC2)c1. The molecule has 0 amide bonds. The van der Waals surface area contributed by atoms with Gasteiger partial charge < -0.3 is 4.74 Å². The zero-order valence-corrected chi connectivity index (χ0v) is 8.42. The van der Waals surface area contributed by atoms with Crippen LogP contribution in [0.15, 0.2) is 18.2 Å². The van der Waals surface area contributed by atoms with Crippen LogP contribution in [0.25, 0.3) is 0 Å². The Bertz CT molecular complexity index is 318. The zero-order valence-electron chi connectivity index (χ0n) is 8.42. The molecule has 0 aliphatic heterocycles. The highest BCUT2D eigenvalue weighted by Gasteiger charge is 2.20. The van der Waals surface area contributed by atoms with Gasteiger partial charge in [-0.15, -0.1) is 0 Å². The number of benzene rings is 1. The zero-order chi connectivity index (χ0) is 9.97. The molecule has 1 nitrogen and oxygen atoms in total. The summed E-state index contributed by atoms with van der Waals surface area (Å²) < 4.78 is 18.9. The highest BCUT2D eigenvalue weighted by molar-refractivity contribution is 5.30. The minimum Gasteiger partial charge on any atom is -0.487 e. The first-order chi connectivity index (χ1) is 6.79. The average molecular weight is 194 g/mol. The topological polar surface area (TPSA) is 9.23 Å². The lowest BCUT2D eigenvalue weighted by Crippen LogP contribution is -2.25. The fraction of sp³-hybridized carbons (Fsp3) is 0.500. The number of aryl methyl sites for hydroxylation is 1. The highest BCUT2D eigenvalue weighted by atomic mass is 19.1. The Labute approximate surface area is 83.9 Å². The molecule has 0 saturated heterocycles. The number of hydrogen-bond acceptors (Lipinski definition) is 1. The van der Waals surface area contributed by atoms with Crippen LogP contribution in [0.1, 0.15) is 31.7 Å². The van der Waals surface area contributed by atoms with E-state index in [9.17, 15) is 4.39 Å². The number of rotatable bonds is 3. The predicted octanol–water partition coefficient (Wildman–Crippen LogP) is 3.32. The molecule has 2 heteroatoms. The summed E-state index contributed by atoms with van der Waals surface area (Å²) in [7, 11) is 0. The smallest absolute Gasteiger partial charge is 0.165 e. The molecule has 1 fully saturated rings. The molecule has 0 atom stereocenters. The monoisotopic (exact) mass is 194 g/mol. The van der Waals surface area contributed by atoms with E-state index in [1.165, 1.54) is 12.5 Å². The Balaban J connectivity index is 2.13. The molecule has 0 radical (unpaired) electrons. The third kappa shape index (κ3) is 1.89. The second-order valence-corrected chi connectivity index (χ2v) is 3.79. The molecule has 0 bridgehead atoms. The molecule has 1 aliphatic rings. The van der Waals surface area contributed by atoms with Gasteiger partial charge in [-0.3, -0.25) is 0 Å². The lowest BCUT2D eigenvalue weighted by atomic mass is 9.96. The van der Waals surface area contributed by atoms with Crippen LogP contribution in [0.3, 0.4) is 0 Å². The Kier molecular flexibility index (Phi) is 2.71. The van der Waals surface area contributed by atoms with Crippen molar-refractivity contribution < 1.29 is 9.13 Å². The van der Waals surface area contributed by atoms with Crippen LogP contribution >= 0.6 is 0 Å². The summed E-state index contributed by atoms with van der Waals surface area (Å²) in [6.45, 7) is 2.06. The molecule has 1 aromatic rings. The van der Waals surface area contributed by atoms with Crippen molar-refractivity contribution in [3.05, 3.63) is 29.6 Å². The van der Waals surface area contributed by atoms with E-state index in [0.717, 1.165) is 24.8 Å². The molecule has 0 heterocycles. The minimum atomic E-state index is -0.242. The van der Waals surface area contributed by atoms with E-state index in [1.54, 1.807) is 0 Å². The van der Waals surface area contributed by atoms with Crippen molar-refractivity contribution in [1.29, 1.82) is 0 Å². The van der Waals surface area contributed by atoms with E-state index < -0.39 is 0 Å². The second kappa shape index (κ2) is 3.99. The molecule has 0 spiro atoms. The van der Waals surface area contributed by atoms with Gasteiger partial charge in [-0.05, 0) is 43.4 Å². The van der Waals surface area contributed by atoms with Crippen molar-refractivity contribution >= 4 is 0 Å². The van der Waals surface area contributed by atoms with Crippen LogP contribution in [0.5, 0.6) is 5.75 Å². The maximum absolute atomic E-state index is 13.3. The van der Waals surface area contributed by atoms with Crippen molar-refractivity contribution in [2.75, 3.05) is 0 Å². The first-order valence-corrected chi connectivity index (χ1v) is 5.24. The van der Waals surface area contributed by atoms with Gasteiger partial charge in [-0.2, -0.15) is 0 Å². The van der Waals surface area contributed by atoms with Gasteiger partial charge in [0.25, 0.3) is 0 Å². The van der Waals surface area contributed by atoms with Gasteiger partial charge in [-0.1, -0.05) is 13.0 Å². The first-order valence-electron chi connectivity index (χ1n) is 5.24. The van der Waals surface area contributed by atoms with Crippen LogP contribution in [-0.2, 0) is 6.42 Å². The summed E-state index contributed by atoms with van der Waals surface area (Å²) in [5.41, 5.74) is 1.13. The van der Waals surface area contributed by atoms with E-state index in [1.807, 2.05) is 12.1 Å². The van der Waals surface area contributed by atoms with Crippen LogP contribution in [-0.4, -0.2) is 6.10 Å². The molecule has 76 valence electrons. The minimum absolute atomic E-state index is 0.242. The Morgan fingerprint density at radius 1 is 1.43 bits per heavy atom. The van der Waals surface area contributed by atoms with E-state index >= 15 is 0 Å². The van der Waals surface area contributed by atoms with Gasteiger partial charge in [0.1, 0.15) is 0 Å². The van der Waals surface area contributed by atoms with E-state index in [0.29, 0.717) is 5.75 Å². The fourth-order valence-corrected chi connectivity index (χ4v) is 1.53. The summed E-state index contributed by atoms with van der Waals surface area (Å²) >= 11 is 0. The van der Waals surface area contributed by atoms with Crippen LogP contribution < -0.4 is 4.74 Å². The van der Waals surface area contributed by atoms with Gasteiger partial charge >= 0.3 is 0 Å². The van der Waals surface area contributed by atoms with Gasteiger partial charge in [-0.25, -0.2) is 4.39 Å². The Morgan fingerprint density at radius 2 is 2.21 bits per heavy atom. The van der Waals surface area contributed by atoms with Crippen molar-refractivity contribution in [3.63, 3.8) is 0 Å². The fourth-order valence-electron chi connectivity index (χ4n) is 1.53. The molecule has 14 heavy (non-hydrogen) atoms. The molecular formula is C12H15FO. The van der Waals surface area contributed by atoms with Gasteiger partial charge in [0.05, 0.1) is 6.10 Å². The van der Waals surface area contributed by atoms with Gasteiger partial charge in [0, 0.05) is 0 Å². The number of halogens is 1. The molecule has 0 N–H and O–H groups in total. The van der Waals surface area contributed by atoms with E-state index in [-0.39, 0.29) is 11.9 Å². The third-order valence-electron chi connectivity index (χ3n) is 2.75. The third-order valence-corrected chi connectivity index (χ3v) is 2.75. The molecule has 1 saturated carbocycles. The average Bonchev–Trinajstić information content (AvgIpc) is 2.14. The van der Waals surface area contributed by atoms with Crippen molar-refractivity contribution in [3.8, 4) is 5.75 Å². The van der Waals surface area contributed by atoms with E-state index in [2.05, 4.69) is 6.92 Å². The van der Waals surface area contributed by atoms with Crippen LogP contribution in [0.4, 0.5) is 4.39 Å². The molecule has 1 aromatic carbocycles. The molecular weight excluding hydrogens is 179 g/mol. The quantitative estimate of drug-likeness (QED) is 0.717. The summed E-state index contributed by atoms with van der Waals surface area (Å²) in [5, 5.41) is 0. The number of hydrogen-bond donors (Lipinski definition) is 0. The Hall–Kier alpha value is -1.05. The van der Waals surface area contributed by atoms with Gasteiger partial charge in [0.2, 0.25) is 0 Å².